The molecule has 146 valence electrons. The van der Waals surface area contributed by atoms with Gasteiger partial charge in [-0.1, -0.05) is 11.2 Å². The molecule has 0 saturated carbocycles. The van der Waals surface area contributed by atoms with E-state index in [0.29, 0.717) is 0 Å². The Morgan fingerprint density at radius 3 is 2.70 bits per heavy atom. The lowest BCUT2D eigenvalue weighted by atomic mass is 10.3. The average molecular weight is 371 g/mol. The summed E-state index contributed by atoms with van der Waals surface area (Å²) >= 11 is 0. The second-order valence-corrected chi connectivity index (χ2v) is 6.58. The second-order valence-electron chi connectivity index (χ2n) is 6.58. The summed E-state index contributed by atoms with van der Waals surface area (Å²) in [5.74, 6) is 1.93. The van der Waals surface area contributed by atoms with Crippen LogP contribution in [0.25, 0.3) is 0 Å². The molecule has 0 spiro atoms. The molecule has 2 aromatic rings. The van der Waals surface area contributed by atoms with E-state index in [1.807, 2.05) is 31.3 Å². The number of aliphatic imine (C=N–C) groups is 1. The van der Waals surface area contributed by atoms with E-state index in [0.717, 1.165) is 76.1 Å². The first kappa shape index (κ1) is 19.2. The predicted molar refractivity (Wildman–Crippen MR) is 107 cm³/mol. The minimum atomic E-state index is 0.847. The van der Waals surface area contributed by atoms with E-state index < -0.39 is 0 Å². The van der Waals surface area contributed by atoms with Crippen molar-refractivity contribution in [3.05, 3.63) is 42.4 Å². The van der Waals surface area contributed by atoms with E-state index in [1.54, 1.807) is 12.5 Å². The van der Waals surface area contributed by atoms with Gasteiger partial charge in [-0.2, -0.15) is 0 Å². The van der Waals surface area contributed by atoms with Crippen molar-refractivity contribution >= 4 is 11.8 Å². The van der Waals surface area contributed by atoms with Crippen LogP contribution in [0.15, 0.2) is 46.2 Å². The number of pyridine rings is 1. The molecule has 1 aliphatic rings. The minimum Gasteiger partial charge on any atom is -0.370 e. The van der Waals surface area contributed by atoms with Crippen LogP contribution < -0.4 is 10.6 Å². The number of nitrogens with zero attached hydrogens (tertiary/aromatic N) is 5. The molecule has 0 unspecified atom stereocenters. The van der Waals surface area contributed by atoms with Crippen LogP contribution in [0.3, 0.4) is 0 Å². The van der Waals surface area contributed by atoms with Crippen LogP contribution in [0.5, 0.6) is 0 Å². The zero-order chi connectivity index (χ0) is 18.7. The van der Waals surface area contributed by atoms with Gasteiger partial charge in [-0.15, -0.1) is 0 Å². The maximum atomic E-state index is 4.91. The Morgan fingerprint density at radius 2 is 2.00 bits per heavy atom. The maximum absolute atomic E-state index is 4.91. The topological polar surface area (TPSA) is 81.8 Å². The molecule has 1 saturated heterocycles. The summed E-state index contributed by atoms with van der Waals surface area (Å²) in [4.78, 5) is 13.4. The molecule has 3 rings (SSSR count). The molecule has 8 heteroatoms. The number of hydrogen-bond donors (Lipinski definition) is 2. The van der Waals surface area contributed by atoms with E-state index in [1.165, 1.54) is 0 Å². The molecule has 27 heavy (non-hydrogen) atoms. The van der Waals surface area contributed by atoms with Gasteiger partial charge in [0.15, 0.2) is 5.96 Å². The molecule has 0 aromatic carbocycles. The first-order valence-corrected chi connectivity index (χ1v) is 9.57. The van der Waals surface area contributed by atoms with Gasteiger partial charge in [0.1, 0.15) is 12.1 Å². The number of hydrogen-bond acceptors (Lipinski definition) is 6. The van der Waals surface area contributed by atoms with Crippen molar-refractivity contribution in [3.8, 4) is 0 Å². The Labute approximate surface area is 160 Å². The lowest BCUT2D eigenvalue weighted by Crippen LogP contribution is -2.52. The molecule has 2 N–H and O–H groups in total. The monoisotopic (exact) mass is 371 g/mol. The van der Waals surface area contributed by atoms with E-state index in [2.05, 4.69) is 35.6 Å². The van der Waals surface area contributed by atoms with Crippen LogP contribution in [0, 0.1) is 0 Å². The molecule has 0 aliphatic carbocycles. The second kappa shape index (κ2) is 10.5. The van der Waals surface area contributed by atoms with Crippen LogP contribution >= 0.6 is 0 Å². The zero-order valence-electron chi connectivity index (χ0n) is 16.0. The first-order valence-electron chi connectivity index (χ1n) is 9.57. The quantitative estimate of drug-likeness (QED) is 0.415. The normalized spacial score (nSPS) is 15.7. The molecule has 0 bridgehead atoms. The summed E-state index contributed by atoms with van der Waals surface area (Å²) < 4.78 is 4.91. The van der Waals surface area contributed by atoms with Crippen molar-refractivity contribution in [2.45, 2.75) is 19.4 Å². The Morgan fingerprint density at radius 1 is 1.15 bits per heavy atom. The van der Waals surface area contributed by atoms with Gasteiger partial charge < -0.3 is 20.1 Å². The molecular formula is C19H29N7O. The van der Waals surface area contributed by atoms with Gasteiger partial charge in [0.2, 0.25) is 0 Å². The zero-order valence-corrected chi connectivity index (χ0v) is 16.0. The Bertz CT molecular complexity index is 667. The van der Waals surface area contributed by atoms with Gasteiger partial charge in [-0.25, -0.2) is 4.98 Å². The molecule has 3 heterocycles. The van der Waals surface area contributed by atoms with E-state index in [4.69, 9.17) is 4.52 Å². The van der Waals surface area contributed by atoms with Gasteiger partial charge in [0, 0.05) is 65.1 Å². The molecule has 0 radical (unpaired) electrons. The van der Waals surface area contributed by atoms with Gasteiger partial charge in [0.05, 0.1) is 5.69 Å². The number of aromatic nitrogens is 2. The number of rotatable bonds is 8. The van der Waals surface area contributed by atoms with Crippen molar-refractivity contribution in [2.75, 3.05) is 51.6 Å². The Balaban J connectivity index is 1.29. The number of guanidine groups is 1. The van der Waals surface area contributed by atoms with Crippen molar-refractivity contribution in [2.24, 2.45) is 4.99 Å². The Hall–Kier alpha value is -2.61. The number of unbranched alkanes of at least 4 members (excludes halogenated alkanes) is 1. The minimum absolute atomic E-state index is 0.847. The molecular weight excluding hydrogens is 342 g/mol. The molecule has 1 fully saturated rings. The third-order valence-corrected chi connectivity index (χ3v) is 4.62. The third-order valence-electron chi connectivity index (χ3n) is 4.62. The summed E-state index contributed by atoms with van der Waals surface area (Å²) in [5, 5.41) is 10.8. The smallest absolute Gasteiger partial charge is 0.193 e. The predicted octanol–water partition coefficient (Wildman–Crippen LogP) is 1.65. The fourth-order valence-corrected chi connectivity index (χ4v) is 3.13. The van der Waals surface area contributed by atoms with Gasteiger partial charge >= 0.3 is 0 Å². The fraction of sp³-hybridized carbons (Fsp3) is 0.526. The molecule has 8 nitrogen and oxygen atoms in total. The number of nitrogens with one attached hydrogen (secondary N) is 2. The summed E-state index contributed by atoms with van der Waals surface area (Å²) in [6, 6.07) is 7.83. The molecule has 2 aromatic heterocycles. The largest absolute Gasteiger partial charge is 0.370 e. The van der Waals surface area contributed by atoms with Gasteiger partial charge in [-0.3, -0.25) is 9.89 Å². The highest BCUT2D eigenvalue weighted by atomic mass is 16.5. The van der Waals surface area contributed by atoms with Crippen LogP contribution in [-0.4, -0.2) is 72.2 Å². The van der Waals surface area contributed by atoms with E-state index in [-0.39, 0.29) is 0 Å². The van der Waals surface area contributed by atoms with Crippen LogP contribution in [0.4, 0.5) is 5.82 Å². The van der Waals surface area contributed by atoms with E-state index >= 15 is 0 Å². The van der Waals surface area contributed by atoms with Crippen LogP contribution in [0.1, 0.15) is 18.5 Å². The molecule has 0 amide bonds. The number of piperazine rings is 1. The highest BCUT2D eigenvalue weighted by Crippen LogP contribution is 2.07. The molecule has 0 atom stereocenters. The van der Waals surface area contributed by atoms with Crippen molar-refractivity contribution in [1.29, 1.82) is 0 Å². The lowest BCUT2D eigenvalue weighted by molar-refractivity contribution is 0.169. The average Bonchev–Trinajstić information content (AvgIpc) is 3.22. The number of anilines is 1. The van der Waals surface area contributed by atoms with Crippen molar-refractivity contribution in [3.63, 3.8) is 0 Å². The van der Waals surface area contributed by atoms with Crippen molar-refractivity contribution < 1.29 is 4.52 Å². The fourth-order valence-electron chi connectivity index (χ4n) is 3.13. The first-order chi connectivity index (χ1) is 13.3. The summed E-state index contributed by atoms with van der Waals surface area (Å²) in [5.41, 5.74) is 0.991. The SMILES string of the molecule is CN=C(NCCCCNc1ccccn1)N1CCN(Cc2ccon2)CC1. The summed E-state index contributed by atoms with van der Waals surface area (Å²) in [6.07, 6.45) is 5.61. The van der Waals surface area contributed by atoms with Crippen molar-refractivity contribution in [1.82, 2.24) is 25.3 Å². The molecule has 1 aliphatic heterocycles. The summed E-state index contributed by atoms with van der Waals surface area (Å²) in [7, 11) is 1.85. The maximum Gasteiger partial charge on any atom is 0.193 e. The van der Waals surface area contributed by atoms with Crippen LogP contribution in [-0.2, 0) is 6.54 Å². The highest BCUT2D eigenvalue weighted by molar-refractivity contribution is 5.79. The van der Waals surface area contributed by atoms with Gasteiger partial charge in [-0.05, 0) is 25.0 Å². The van der Waals surface area contributed by atoms with Crippen LogP contribution in [0.2, 0.25) is 0 Å². The third kappa shape index (κ3) is 6.25. The van der Waals surface area contributed by atoms with E-state index in [9.17, 15) is 0 Å². The highest BCUT2D eigenvalue weighted by Gasteiger charge is 2.19. The standard InChI is InChI=1S/C19H29N7O/c1-20-19(23-10-5-4-9-22-18-6-2-3-8-21-18)26-13-11-25(12-14-26)16-17-7-15-27-24-17/h2-3,6-8,15H,4-5,9-14,16H2,1H3,(H,20,23)(H,21,22). The lowest BCUT2D eigenvalue weighted by Gasteiger charge is -2.36. The summed E-state index contributed by atoms with van der Waals surface area (Å²) in [6.45, 7) is 6.65. The van der Waals surface area contributed by atoms with Gasteiger partial charge in [0.25, 0.3) is 0 Å². The Kier molecular flexibility index (Phi) is 7.46.